The topological polar surface area (TPSA) is 51.7 Å². The van der Waals surface area contributed by atoms with Crippen molar-refractivity contribution in [2.45, 2.75) is 24.8 Å². The van der Waals surface area contributed by atoms with Crippen molar-refractivity contribution in [3.8, 4) is 11.5 Å². The van der Waals surface area contributed by atoms with Crippen LogP contribution in [0.5, 0.6) is 11.5 Å². The van der Waals surface area contributed by atoms with Gasteiger partial charge in [0.1, 0.15) is 23.5 Å². The maximum atomic E-state index is 13.9. The Kier molecular flexibility index (Phi) is 3.48. The molecule has 4 heterocycles. The molecule has 0 saturated carbocycles. The first kappa shape index (κ1) is 16.6. The highest BCUT2D eigenvalue weighted by Crippen LogP contribution is 2.54. The molecular weight excluding hydrogens is 364 g/mol. The Hall–Kier alpha value is -3.34. The number of aromatic nitrogens is 1. The molecule has 0 fully saturated rings. The number of pyridine rings is 1. The molecule has 144 valence electrons. The predicted octanol–water partition coefficient (Wildman–Crippen LogP) is 3.63. The van der Waals surface area contributed by atoms with E-state index in [9.17, 15) is 4.79 Å². The molecule has 5 nitrogen and oxygen atoms in total. The normalized spacial score (nSPS) is 21.4. The predicted molar refractivity (Wildman–Crippen MR) is 108 cm³/mol. The summed E-state index contributed by atoms with van der Waals surface area (Å²) in [6, 6.07) is 17.9. The van der Waals surface area contributed by atoms with Gasteiger partial charge in [0.2, 0.25) is 5.91 Å². The zero-order valence-corrected chi connectivity index (χ0v) is 15.9. The highest BCUT2D eigenvalue weighted by atomic mass is 16.5. The second kappa shape index (κ2) is 6.08. The number of hydrogen-bond acceptors (Lipinski definition) is 4. The summed E-state index contributed by atoms with van der Waals surface area (Å²) in [5.41, 5.74) is 4.04. The molecular formula is C24H20N2O3. The van der Waals surface area contributed by atoms with E-state index < -0.39 is 5.41 Å². The molecule has 1 spiro atoms. The number of nitrogens with zero attached hydrogens (tertiary/aromatic N) is 2. The fourth-order valence-corrected chi connectivity index (χ4v) is 4.83. The van der Waals surface area contributed by atoms with Crippen molar-refractivity contribution in [3.05, 3.63) is 83.2 Å². The highest BCUT2D eigenvalue weighted by Gasteiger charge is 2.57. The summed E-state index contributed by atoms with van der Waals surface area (Å²) >= 11 is 0. The molecule has 1 atom stereocenters. The number of para-hydroxylation sites is 1. The van der Waals surface area contributed by atoms with E-state index in [1.165, 1.54) is 0 Å². The van der Waals surface area contributed by atoms with E-state index in [4.69, 9.17) is 9.47 Å². The summed E-state index contributed by atoms with van der Waals surface area (Å²) in [6.45, 7) is 1.48. The zero-order valence-electron chi connectivity index (χ0n) is 15.9. The van der Waals surface area contributed by atoms with Gasteiger partial charge in [-0.25, -0.2) is 0 Å². The fourth-order valence-electron chi connectivity index (χ4n) is 4.83. The summed E-state index contributed by atoms with van der Waals surface area (Å²) in [5.74, 6) is 1.73. The van der Waals surface area contributed by atoms with Gasteiger partial charge in [0.05, 0.1) is 18.8 Å². The summed E-state index contributed by atoms with van der Waals surface area (Å²) < 4.78 is 12.0. The van der Waals surface area contributed by atoms with Gasteiger partial charge in [-0.1, -0.05) is 24.3 Å². The Balaban J connectivity index is 1.51. The Morgan fingerprint density at radius 3 is 2.79 bits per heavy atom. The van der Waals surface area contributed by atoms with Crippen molar-refractivity contribution in [1.82, 2.24) is 4.98 Å². The van der Waals surface area contributed by atoms with Crippen molar-refractivity contribution < 1.29 is 14.3 Å². The number of benzene rings is 2. The molecule has 6 rings (SSSR count). The summed E-state index contributed by atoms with van der Waals surface area (Å²) in [6.07, 6.45) is 3.75. The van der Waals surface area contributed by atoms with Crippen molar-refractivity contribution in [2.24, 2.45) is 0 Å². The average Bonchev–Trinajstić information content (AvgIpc) is 3.25. The summed E-state index contributed by atoms with van der Waals surface area (Å²) in [4.78, 5) is 20.2. The van der Waals surface area contributed by atoms with Gasteiger partial charge < -0.3 is 14.4 Å². The van der Waals surface area contributed by atoms with Gasteiger partial charge in [-0.15, -0.1) is 0 Å². The smallest absolute Gasteiger partial charge is 0.246 e. The Bertz CT molecular complexity index is 1130. The number of aryl methyl sites for hydroxylation is 1. The average molecular weight is 384 g/mol. The molecule has 0 N–H and O–H groups in total. The molecule has 3 aromatic rings. The van der Waals surface area contributed by atoms with Crippen LogP contribution in [0.3, 0.4) is 0 Å². The molecule has 1 aromatic heterocycles. The molecule has 0 saturated heterocycles. The maximum absolute atomic E-state index is 13.9. The number of rotatable bonds is 2. The Labute approximate surface area is 168 Å². The van der Waals surface area contributed by atoms with Crippen LogP contribution >= 0.6 is 0 Å². The van der Waals surface area contributed by atoms with Crippen molar-refractivity contribution in [1.29, 1.82) is 0 Å². The number of carbonyl (C=O) groups excluding carboxylic acids is 1. The number of ether oxygens (including phenoxy) is 2. The van der Waals surface area contributed by atoms with Crippen LogP contribution in [0.2, 0.25) is 0 Å². The first-order chi connectivity index (χ1) is 14.3. The van der Waals surface area contributed by atoms with Gasteiger partial charge in [-0.05, 0) is 54.3 Å². The fraction of sp³-hybridized carbons (Fsp3) is 0.250. The third-order valence-electron chi connectivity index (χ3n) is 6.23. The van der Waals surface area contributed by atoms with Crippen LogP contribution < -0.4 is 14.4 Å². The molecule has 3 aliphatic heterocycles. The molecule has 0 radical (unpaired) electrons. The van der Waals surface area contributed by atoms with Crippen molar-refractivity contribution in [2.75, 3.05) is 18.1 Å². The third-order valence-corrected chi connectivity index (χ3v) is 6.23. The summed E-state index contributed by atoms with van der Waals surface area (Å²) in [7, 11) is 0. The molecule has 29 heavy (non-hydrogen) atoms. The first-order valence-electron chi connectivity index (χ1n) is 10.0. The van der Waals surface area contributed by atoms with E-state index in [0.717, 1.165) is 59.0 Å². The van der Waals surface area contributed by atoms with E-state index in [0.29, 0.717) is 13.2 Å². The van der Waals surface area contributed by atoms with Gasteiger partial charge >= 0.3 is 0 Å². The number of carbonyl (C=O) groups is 1. The molecule has 2 aromatic carbocycles. The Morgan fingerprint density at radius 1 is 1.00 bits per heavy atom. The molecule has 1 amide bonds. The van der Waals surface area contributed by atoms with Crippen LogP contribution in [0.4, 0.5) is 5.69 Å². The third kappa shape index (κ3) is 2.27. The quantitative estimate of drug-likeness (QED) is 0.677. The summed E-state index contributed by atoms with van der Waals surface area (Å²) in [5, 5.41) is 0. The first-order valence-corrected chi connectivity index (χ1v) is 10.0. The van der Waals surface area contributed by atoms with Crippen LogP contribution in [0.25, 0.3) is 0 Å². The van der Waals surface area contributed by atoms with E-state index in [1.807, 2.05) is 53.4 Å². The van der Waals surface area contributed by atoms with Crippen LogP contribution in [0.15, 0.2) is 60.8 Å². The lowest BCUT2D eigenvalue weighted by atomic mass is 9.76. The van der Waals surface area contributed by atoms with Crippen molar-refractivity contribution in [3.63, 3.8) is 0 Å². The zero-order chi connectivity index (χ0) is 19.4. The minimum atomic E-state index is -0.823. The molecule has 0 aliphatic carbocycles. The van der Waals surface area contributed by atoms with Crippen LogP contribution in [0.1, 0.15) is 28.8 Å². The number of hydrogen-bond donors (Lipinski definition) is 0. The van der Waals surface area contributed by atoms with E-state index in [-0.39, 0.29) is 5.91 Å². The van der Waals surface area contributed by atoms with Gasteiger partial charge in [0, 0.05) is 17.4 Å². The van der Waals surface area contributed by atoms with Crippen LogP contribution in [-0.2, 0) is 23.2 Å². The lowest BCUT2D eigenvalue weighted by molar-refractivity contribution is -0.122. The minimum absolute atomic E-state index is 0.0406. The van der Waals surface area contributed by atoms with E-state index in [2.05, 4.69) is 11.1 Å². The standard InChI is InChI=1S/C24H20N2O3/c27-23-24(15-29-22-12-16-6-5-11-28-21(16)13-19(22)24)18-8-1-2-9-20(18)26(23)14-17-7-3-4-10-25-17/h1-4,7-10,12-13H,5-6,11,14-15H2. The van der Waals surface area contributed by atoms with E-state index >= 15 is 0 Å². The van der Waals surface area contributed by atoms with Crippen LogP contribution in [-0.4, -0.2) is 24.1 Å². The van der Waals surface area contributed by atoms with Crippen molar-refractivity contribution >= 4 is 11.6 Å². The maximum Gasteiger partial charge on any atom is 0.246 e. The molecule has 0 bridgehead atoms. The number of fused-ring (bicyclic) bond motifs is 5. The molecule has 3 aliphatic rings. The lowest BCUT2D eigenvalue weighted by Crippen LogP contribution is -2.42. The van der Waals surface area contributed by atoms with Crippen LogP contribution in [0, 0.1) is 0 Å². The minimum Gasteiger partial charge on any atom is -0.493 e. The second-order valence-electron chi connectivity index (χ2n) is 7.83. The monoisotopic (exact) mass is 384 g/mol. The highest BCUT2D eigenvalue weighted by molar-refractivity contribution is 6.11. The molecule has 5 heteroatoms. The Morgan fingerprint density at radius 2 is 1.90 bits per heavy atom. The van der Waals surface area contributed by atoms with Gasteiger partial charge in [0.15, 0.2) is 0 Å². The van der Waals surface area contributed by atoms with Gasteiger partial charge in [-0.3, -0.25) is 9.78 Å². The number of anilines is 1. The second-order valence-corrected chi connectivity index (χ2v) is 7.83. The molecule has 1 unspecified atom stereocenters. The van der Waals surface area contributed by atoms with Gasteiger partial charge in [0.25, 0.3) is 0 Å². The lowest BCUT2D eigenvalue weighted by Gasteiger charge is -2.24. The van der Waals surface area contributed by atoms with E-state index in [1.54, 1.807) is 6.20 Å². The van der Waals surface area contributed by atoms with Gasteiger partial charge in [-0.2, -0.15) is 0 Å². The number of amides is 1. The SMILES string of the molecule is O=C1N(Cc2ccccn2)c2ccccc2C12COc1cc3c(cc12)OCCC3. The largest absolute Gasteiger partial charge is 0.493 e.